The Morgan fingerprint density at radius 1 is 1.20 bits per heavy atom. The van der Waals surface area contributed by atoms with Crippen molar-refractivity contribution in [1.29, 1.82) is 0 Å². The highest BCUT2D eigenvalue weighted by Crippen LogP contribution is 2.48. The second-order valence-electron chi connectivity index (χ2n) is 4.67. The predicted octanol–water partition coefficient (Wildman–Crippen LogP) is 0.980. The molecule has 2 N–H and O–H groups in total. The lowest BCUT2D eigenvalue weighted by Gasteiger charge is -2.20. The number of carbonyl (C=O) groups is 2. The van der Waals surface area contributed by atoms with E-state index in [1.54, 1.807) is 6.92 Å². The zero-order chi connectivity index (χ0) is 10.8. The van der Waals surface area contributed by atoms with Crippen LogP contribution in [0.2, 0.25) is 0 Å². The van der Waals surface area contributed by atoms with E-state index < -0.39 is 0 Å². The molecule has 2 aliphatic rings. The van der Waals surface area contributed by atoms with Crippen LogP contribution in [-0.4, -0.2) is 11.8 Å². The van der Waals surface area contributed by atoms with E-state index in [1.807, 2.05) is 0 Å². The molecule has 2 saturated carbocycles. The first-order valence-electron chi connectivity index (χ1n) is 5.79. The van der Waals surface area contributed by atoms with Gasteiger partial charge in [0.1, 0.15) is 0 Å². The first kappa shape index (κ1) is 10.5. The number of rotatable bonds is 2. The number of fused-ring (bicyclic) bond motifs is 2. The number of amides is 2. The largest absolute Gasteiger partial charge is 0.273 e. The van der Waals surface area contributed by atoms with Gasteiger partial charge in [-0.2, -0.15) is 0 Å². The summed E-state index contributed by atoms with van der Waals surface area (Å²) in [7, 11) is 0. The van der Waals surface area contributed by atoms with Crippen LogP contribution in [0.25, 0.3) is 0 Å². The Kier molecular flexibility index (Phi) is 2.93. The van der Waals surface area contributed by atoms with E-state index >= 15 is 0 Å². The molecule has 0 spiro atoms. The number of carbonyl (C=O) groups excluding carboxylic acids is 2. The SMILES string of the molecule is CCC(=O)NNC(=O)C1CC2CCC1C2. The van der Waals surface area contributed by atoms with Gasteiger partial charge in [0.05, 0.1) is 0 Å². The van der Waals surface area contributed by atoms with Crippen molar-refractivity contribution in [2.75, 3.05) is 0 Å². The van der Waals surface area contributed by atoms with Gasteiger partial charge in [-0.05, 0) is 31.1 Å². The average Bonchev–Trinajstić information content (AvgIpc) is 2.86. The monoisotopic (exact) mass is 210 g/mol. The van der Waals surface area contributed by atoms with E-state index in [-0.39, 0.29) is 17.7 Å². The van der Waals surface area contributed by atoms with Crippen LogP contribution >= 0.6 is 0 Å². The fraction of sp³-hybridized carbons (Fsp3) is 0.818. The molecule has 0 heterocycles. The Morgan fingerprint density at radius 3 is 2.53 bits per heavy atom. The summed E-state index contributed by atoms with van der Waals surface area (Å²) in [6.45, 7) is 1.76. The van der Waals surface area contributed by atoms with Gasteiger partial charge in [0, 0.05) is 12.3 Å². The first-order chi connectivity index (χ1) is 7.20. The Bertz CT molecular complexity index is 278. The minimum absolute atomic E-state index is 0.00370. The minimum atomic E-state index is -0.133. The second kappa shape index (κ2) is 4.21. The molecule has 2 aliphatic carbocycles. The van der Waals surface area contributed by atoms with E-state index in [4.69, 9.17) is 0 Å². The van der Waals surface area contributed by atoms with Gasteiger partial charge in [-0.15, -0.1) is 0 Å². The molecule has 4 heteroatoms. The van der Waals surface area contributed by atoms with E-state index in [0.717, 1.165) is 12.3 Å². The van der Waals surface area contributed by atoms with Crippen LogP contribution in [0.5, 0.6) is 0 Å². The summed E-state index contributed by atoms with van der Waals surface area (Å²) < 4.78 is 0. The van der Waals surface area contributed by atoms with Gasteiger partial charge < -0.3 is 0 Å². The van der Waals surface area contributed by atoms with E-state index in [9.17, 15) is 9.59 Å². The lowest BCUT2D eigenvalue weighted by Crippen LogP contribution is -2.45. The molecule has 3 atom stereocenters. The van der Waals surface area contributed by atoms with Crippen LogP contribution in [0.4, 0.5) is 0 Å². The van der Waals surface area contributed by atoms with Crippen molar-refractivity contribution in [3.05, 3.63) is 0 Å². The second-order valence-corrected chi connectivity index (χ2v) is 4.67. The maximum absolute atomic E-state index is 11.7. The van der Waals surface area contributed by atoms with Crippen molar-refractivity contribution < 1.29 is 9.59 Å². The van der Waals surface area contributed by atoms with Gasteiger partial charge >= 0.3 is 0 Å². The van der Waals surface area contributed by atoms with Gasteiger partial charge in [-0.25, -0.2) is 0 Å². The molecule has 2 amide bonds. The first-order valence-corrected chi connectivity index (χ1v) is 5.79. The zero-order valence-electron chi connectivity index (χ0n) is 9.08. The zero-order valence-corrected chi connectivity index (χ0v) is 9.08. The summed E-state index contributed by atoms with van der Waals surface area (Å²) in [6, 6.07) is 0. The topological polar surface area (TPSA) is 58.2 Å². The summed E-state index contributed by atoms with van der Waals surface area (Å²) in [5.74, 6) is 1.33. The number of nitrogens with one attached hydrogen (secondary N) is 2. The molecule has 0 aromatic heterocycles. The summed E-state index contributed by atoms with van der Waals surface area (Å²) >= 11 is 0. The molecule has 2 fully saturated rings. The summed E-state index contributed by atoms with van der Waals surface area (Å²) in [5.41, 5.74) is 4.95. The summed E-state index contributed by atoms with van der Waals surface area (Å²) in [4.78, 5) is 22.7. The van der Waals surface area contributed by atoms with E-state index in [1.165, 1.54) is 19.3 Å². The third-order valence-corrected chi connectivity index (χ3v) is 3.72. The standard InChI is InChI=1S/C11H18N2O2/c1-2-10(14)12-13-11(15)9-6-7-3-4-8(9)5-7/h7-9H,2-6H2,1H3,(H,12,14)(H,13,15). The van der Waals surface area contributed by atoms with Gasteiger partial charge in [-0.1, -0.05) is 13.3 Å². The maximum atomic E-state index is 11.7. The molecule has 0 aromatic carbocycles. The molecular formula is C11H18N2O2. The Labute approximate surface area is 89.8 Å². The highest BCUT2D eigenvalue weighted by atomic mass is 16.2. The lowest BCUT2D eigenvalue weighted by molar-refractivity contribution is -0.132. The van der Waals surface area contributed by atoms with Gasteiger partial charge in [0.2, 0.25) is 11.8 Å². The van der Waals surface area contributed by atoms with Crippen molar-refractivity contribution in [2.45, 2.75) is 39.0 Å². The fourth-order valence-corrected chi connectivity index (χ4v) is 2.88. The molecule has 4 nitrogen and oxygen atoms in total. The van der Waals surface area contributed by atoms with Crippen LogP contribution in [0.15, 0.2) is 0 Å². The summed E-state index contributed by atoms with van der Waals surface area (Å²) in [6.07, 6.45) is 5.09. The van der Waals surface area contributed by atoms with Crippen LogP contribution in [-0.2, 0) is 9.59 Å². The molecular weight excluding hydrogens is 192 g/mol. The van der Waals surface area contributed by atoms with Crippen molar-refractivity contribution in [3.8, 4) is 0 Å². The van der Waals surface area contributed by atoms with E-state index in [0.29, 0.717) is 12.3 Å². The molecule has 0 aliphatic heterocycles. The minimum Gasteiger partial charge on any atom is -0.273 e. The van der Waals surface area contributed by atoms with Crippen molar-refractivity contribution in [1.82, 2.24) is 10.9 Å². The van der Waals surface area contributed by atoms with Crippen LogP contribution in [0.3, 0.4) is 0 Å². The molecule has 84 valence electrons. The van der Waals surface area contributed by atoms with Gasteiger partial charge in [0.15, 0.2) is 0 Å². The van der Waals surface area contributed by atoms with Gasteiger partial charge in [-0.3, -0.25) is 20.4 Å². The summed E-state index contributed by atoms with van der Waals surface area (Å²) in [5, 5.41) is 0. The fourth-order valence-electron chi connectivity index (χ4n) is 2.88. The molecule has 15 heavy (non-hydrogen) atoms. The van der Waals surface area contributed by atoms with Crippen LogP contribution in [0.1, 0.15) is 39.0 Å². The molecule has 3 unspecified atom stereocenters. The van der Waals surface area contributed by atoms with Crippen molar-refractivity contribution >= 4 is 11.8 Å². The number of hydrogen-bond donors (Lipinski definition) is 2. The molecule has 0 aromatic rings. The third kappa shape index (κ3) is 2.13. The highest BCUT2D eigenvalue weighted by molar-refractivity contribution is 5.83. The predicted molar refractivity (Wildman–Crippen MR) is 55.5 cm³/mol. The Balaban J connectivity index is 1.79. The van der Waals surface area contributed by atoms with Crippen molar-refractivity contribution in [2.24, 2.45) is 17.8 Å². The third-order valence-electron chi connectivity index (χ3n) is 3.72. The maximum Gasteiger partial charge on any atom is 0.241 e. The van der Waals surface area contributed by atoms with Crippen LogP contribution < -0.4 is 10.9 Å². The Hall–Kier alpha value is -1.06. The quantitative estimate of drug-likeness (QED) is 0.667. The van der Waals surface area contributed by atoms with Crippen LogP contribution in [0, 0.1) is 17.8 Å². The molecule has 2 rings (SSSR count). The Morgan fingerprint density at radius 2 is 2.00 bits per heavy atom. The van der Waals surface area contributed by atoms with Crippen molar-refractivity contribution in [3.63, 3.8) is 0 Å². The van der Waals surface area contributed by atoms with Gasteiger partial charge in [0.25, 0.3) is 0 Å². The number of hydrazine groups is 1. The average molecular weight is 210 g/mol. The lowest BCUT2D eigenvalue weighted by atomic mass is 9.88. The smallest absolute Gasteiger partial charge is 0.241 e. The number of hydrogen-bond acceptors (Lipinski definition) is 2. The molecule has 0 radical (unpaired) electrons. The molecule has 0 saturated heterocycles. The highest BCUT2D eigenvalue weighted by Gasteiger charge is 2.43. The normalized spacial score (nSPS) is 32.7. The molecule has 2 bridgehead atoms. The van der Waals surface area contributed by atoms with E-state index in [2.05, 4.69) is 10.9 Å².